The fraction of sp³-hybridized carbons (Fsp3) is 0.692. The molecule has 0 spiro atoms. The molecule has 7 nitrogen and oxygen atoms in total. The molecular formula is C13H18NO6S-. The van der Waals surface area contributed by atoms with Crippen molar-refractivity contribution < 1.29 is 27.3 Å². The van der Waals surface area contributed by atoms with Crippen molar-refractivity contribution >= 4 is 23.2 Å². The van der Waals surface area contributed by atoms with Gasteiger partial charge in [0.2, 0.25) is 5.91 Å². The zero-order valence-corrected chi connectivity index (χ0v) is 12.5. The lowest BCUT2D eigenvalue weighted by molar-refractivity contribution is -0.156. The number of hydrogen-bond donors (Lipinski definition) is 1. The molecule has 0 aromatic heterocycles. The maximum absolute atomic E-state index is 11.8. The second-order valence-corrected chi connectivity index (χ2v) is 6.12. The van der Waals surface area contributed by atoms with Crippen LogP contribution in [-0.2, 0) is 29.9 Å². The Hall–Kier alpha value is -1.25. The van der Waals surface area contributed by atoms with Gasteiger partial charge in [-0.15, -0.1) is 0 Å². The number of amides is 1. The van der Waals surface area contributed by atoms with Crippen molar-refractivity contribution in [2.45, 2.75) is 38.4 Å². The highest BCUT2D eigenvalue weighted by molar-refractivity contribution is 7.74. The van der Waals surface area contributed by atoms with Gasteiger partial charge in [-0.3, -0.25) is 13.8 Å². The summed E-state index contributed by atoms with van der Waals surface area (Å²) in [5.74, 6) is -0.791. The summed E-state index contributed by atoms with van der Waals surface area (Å²) in [6, 6.07) is 0. The van der Waals surface area contributed by atoms with Crippen molar-refractivity contribution in [3.63, 3.8) is 0 Å². The average molecular weight is 316 g/mol. The molecule has 2 aliphatic rings. The third kappa shape index (κ3) is 3.90. The van der Waals surface area contributed by atoms with Gasteiger partial charge >= 0.3 is 5.97 Å². The fourth-order valence-electron chi connectivity index (χ4n) is 3.07. The summed E-state index contributed by atoms with van der Waals surface area (Å²) in [7, 11) is 0. The second-order valence-electron chi connectivity index (χ2n) is 5.52. The van der Waals surface area contributed by atoms with Gasteiger partial charge in [0.15, 0.2) is 0 Å². The molecule has 5 atom stereocenters. The van der Waals surface area contributed by atoms with E-state index in [-0.39, 0.29) is 18.4 Å². The van der Waals surface area contributed by atoms with E-state index in [1.165, 1.54) is 6.92 Å². The standard InChI is InChI=1S/C13H19NO6S/c1-7(2)13(16)14-6-10(15)19-11-8-3-4-9(5-8)12(11)20-21(17)18/h8-9,11-12H,1,3-6H2,2H3,(H,14,16)(H,17,18)/p-1. The minimum atomic E-state index is -2.63. The molecule has 0 heterocycles. The molecule has 118 valence electrons. The van der Waals surface area contributed by atoms with Gasteiger partial charge in [-0.25, -0.2) is 4.21 Å². The number of ether oxygens (including phenoxy) is 1. The van der Waals surface area contributed by atoms with E-state index in [4.69, 9.17) is 8.92 Å². The molecular weight excluding hydrogens is 298 g/mol. The number of fused-ring (bicyclic) bond motifs is 2. The maximum atomic E-state index is 11.8. The predicted molar refractivity (Wildman–Crippen MR) is 72.3 cm³/mol. The van der Waals surface area contributed by atoms with Crippen LogP contribution in [0.3, 0.4) is 0 Å². The summed E-state index contributed by atoms with van der Waals surface area (Å²) < 4.78 is 31.6. The van der Waals surface area contributed by atoms with Gasteiger partial charge in [0.1, 0.15) is 18.8 Å². The Labute approximate surface area is 125 Å². The van der Waals surface area contributed by atoms with Gasteiger partial charge < -0.3 is 14.6 Å². The molecule has 0 aromatic rings. The van der Waals surface area contributed by atoms with Crippen molar-refractivity contribution in [1.29, 1.82) is 0 Å². The highest BCUT2D eigenvalue weighted by Gasteiger charge is 2.51. The molecule has 1 amide bonds. The van der Waals surface area contributed by atoms with Gasteiger partial charge in [-0.05, 0) is 38.0 Å². The Morgan fingerprint density at radius 2 is 1.95 bits per heavy atom. The van der Waals surface area contributed by atoms with Crippen LogP contribution in [0.2, 0.25) is 0 Å². The van der Waals surface area contributed by atoms with Crippen molar-refractivity contribution in [2.75, 3.05) is 6.54 Å². The van der Waals surface area contributed by atoms with Crippen LogP contribution in [0.1, 0.15) is 26.2 Å². The third-order valence-corrected chi connectivity index (χ3v) is 4.38. The van der Waals surface area contributed by atoms with Gasteiger partial charge in [0.25, 0.3) is 0 Å². The van der Waals surface area contributed by atoms with Crippen LogP contribution in [0.15, 0.2) is 12.2 Å². The first-order chi connectivity index (χ1) is 9.88. The van der Waals surface area contributed by atoms with Gasteiger partial charge in [-0.2, -0.15) is 0 Å². The van der Waals surface area contributed by atoms with Crippen LogP contribution in [0.25, 0.3) is 0 Å². The van der Waals surface area contributed by atoms with Crippen molar-refractivity contribution in [1.82, 2.24) is 5.32 Å². The van der Waals surface area contributed by atoms with E-state index in [0.717, 1.165) is 19.3 Å². The molecule has 0 aromatic carbocycles. The molecule has 8 heteroatoms. The first-order valence-electron chi connectivity index (χ1n) is 6.78. The first kappa shape index (κ1) is 16.1. The number of carbonyl (C=O) groups is 2. The van der Waals surface area contributed by atoms with E-state index in [2.05, 4.69) is 11.9 Å². The summed E-state index contributed by atoms with van der Waals surface area (Å²) in [6.07, 6.45) is 1.41. The van der Waals surface area contributed by atoms with E-state index in [0.29, 0.717) is 5.57 Å². The van der Waals surface area contributed by atoms with E-state index in [9.17, 15) is 18.4 Å². The zero-order valence-electron chi connectivity index (χ0n) is 11.7. The summed E-state index contributed by atoms with van der Waals surface area (Å²) in [5, 5.41) is 2.38. The molecule has 5 unspecified atom stereocenters. The van der Waals surface area contributed by atoms with E-state index in [1.54, 1.807) is 0 Å². The summed E-state index contributed by atoms with van der Waals surface area (Å²) in [6.45, 7) is 4.72. The lowest BCUT2D eigenvalue weighted by Crippen LogP contribution is -2.41. The molecule has 0 radical (unpaired) electrons. The van der Waals surface area contributed by atoms with Crippen LogP contribution in [0.5, 0.6) is 0 Å². The molecule has 2 saturated carbocycles. The van der Waals surface area contributed by atoms with E-state index >= 15 is 0 Å². The lowest BCUT2D eigenvalue weighted by atomic mass is 9.95. The molecule has 0 aliphatic heterocycles. The fourth-order valence-corrected chi connectivity index (χ4v) is 3.52. The molecule has 21 heavy (non-hydrogen) atoms. The Morgan fingerprint density at radius 1 is 1.33 bits per heavy atom. The van der Waals surface area contributed by atoms with Crippen molar-refractivity contribution in [3.8, 4) is 0 Å². The predicted octanol–water partition coefficient (Wildman–Crippen LogP) is 0.200. The zero-order chi connectivity index (χ0) is 15.6. The Balaban J connectivity index is 1.88. The summed E-state index contributed by atoms with van der Waals surface area (Å²) >= 11 is -2.63. The minimum absolute atomic E-state index is 0.107. The average Bonchev–Trinajstić information content (AvgIpc) is 2.98. The molecule has 1 N–H and O–H groups in total. The molecule has 2 bridgehead atoms. The Kier molecular flexibility index (Phi) is 5.13. The highest BCUT2D eigenvalue weighted by Crippen LogP contribution is 2.47. The molecule has 0 saturated heterocycles. The molecule has 2 aliphatic carbocycles. The SMILES string of the molecule is C=C(C)C(=O)NCC(=O)OC1C2CCC(C2)C1OS(=O)[O-]. The first-order valence-corrected chi connectivity index (χ1v) is 7.78. The normalized spacial score (nSPS) is 31.7. The number of esters is 1. The Bertz CT molecular complexity index is 479. The number of rotatable bonds is 6. The van der Waals surface area contributed by atoms with Crippen LogP contribution in [0, 0.1) is 11.8 Å². The topological polar surface area (TPSA) is 105 Å². The lowest BCUT2D eigenvalue weighted by Gasteiger charge is -2.30. The maximum Gasteiger partial charge on any atom is 0.325 e. The van der Waals surface area contributed by atoms with Gasteiger partial charge in [0.05, 0.1) is 11.4 Å². The summed E-state index contributed by atoms with van der Waals surface area (Å²) in [5.41, 5.74) is 0.297. The smallest absolute Gasteiger partial charge is 0.325 e. The van der Waals surface area contributed by atoms with Crippen LogP contribution >= 0.6 is 0 Å². The van der Waals surface area contributed by atoms with E-state index in [1.807, 2.05) is 0 Å². The highest BCUT2D eigenvalue weighted by atomic mass is 32.2. The Morgan fingerprint density at radius 3 is 2.52 bits per heavy atom. The second kappa shape index (κ2) is 6.67. The van der Waals surface area contributed by atoms with Crippen molar-refractivity contribution in [3.05, 3.63) is 12.2 Å². The molecule has 2 rings (SSSR count). The number of hydrogen-bond acceptors (Lipinski definition) is 6. The largest absolute Gasteiger partial charge is 0.750 e. The van der Waals surface area contributed by atoms with Crippen molar-refractivity contribution in [2.24, 2.45) is 11.8 Å². The van der Waals surface area contributed by atoms with Crippen LogP contribution < -0.4 is 5.32 Å². The van der Waals surface area contributed by atoms with Crippen LogP contribution in [-0.4, -0.2) is 39.4 Å². The van der Waals surface area contributed by atoms with Crippen LogP contribution in [0.4, 0.5) is 0 Å². The monoisotopic (exact) mass is 316 g/mol. The molecule has 2 fully saturated rings. The minimum Gasteiger partial charge on any atom is -0.750 e. The van der Waals surface area contributed by atoms with Gasteiger partial charge in [0, 0.05) is 5.57 Å². The third-order valence-electron chi connectivity index (χ3n) is 4.00. The number of nitrogens with one attached hydrogen (secondary N) is 1. The van der Waals surface area contributed by atoms with Gasteiger partial charge in [-0.1, -0.05) is 6.58 Å². The number of carbonyl (C=O) groups excluding carboxylic acids is 2. The van der Waals surface area contributed by atoms with E-state index < -0.39 is 35.4 Å². The quantitative estimate of drug-likeness (QED) is 0.426. The summed E-state index contributed by atoms with van der Waals surface area (Å²) in [4.78, 5) is 23.1.